The fourth-order valence-corrected chi connectivity index (χ4v) is 2.01. The van der Waals surface area contributed by atoms with E-state index in [1.54, 1.807) is 13.3 Å². The number of anilines is 1. The number of alkyl halides is 1. The van der Waals surface area contributed by atoms with E-state index in [1.165, 1.54) is 0 Å². The van der Waals surface area contributed by atoms with Gasteiger partial charge in [-0.25, -0.2) is 4.98 Å². The highest BCUT2D eigenvalue weighted by Gasteiger charge is 2.13. The molecule has 20 heavy (non-hydrogen) atoms. The van der Waals surface area contributed by atoms with Crippen LogP contribution in [0.4, 0.5) is 5.95 Å². The zero-order chi connectivity index (χ0) is 14.5. The molecule has 104 valence electrons. The van der Waals surface area contributed by atoms with E-state index in [0.717, 1.165) is 10.2 Å². The van der Waals surface area contributed by atoms with Crippen LogP contribution in [0.2, 0.25) is 5.02 Å². The summed E-state index contributed by atoms with van der Waals surface area (Å²) in [6.07, 6.45) is 1.56. The minimum absolute atomic E-state index is 0.0239. The van der Waals surface area contributed by atoms with Crippen LogP contribution in [0.15, 0.2) is 40.2 Å². The number of hydrogen-bond donors (Lipinski definition) is 1. The van der Waals surface area contributed by atoms with Crippen molar-refractivity contribution in [2.75, 3.05) is 12.4 Å². The Kier molecular flexibility index (Phi) is 4.76. The average molecular weight is 311 g/mol. The molecule has 5 nitrogen and oxygen atoms in total. The molecule has 1 N–H and O–H groups in total. The number of aromatic nitrogens is 2. The van der Waals surface area contributed by atoms with Gasteiger partial charge in [0.25, 0.3) is 5.56 Å². The summed E-state index contributed by atoms with van der Waals surface area (Å²) in [5.41, 5.74) is 0.724. The number of hydrogen-bond acceptors (Lipinski definition) is 4. The van der Waals surface area contributed by atoms with Crippen LogP contribution in [0.25, 0.3) is 0 Å². The molecular formula is C13H12Cl2N4O. The van der Waals surface area contributed by atoms with E-state index >= 15 is 0 Å². The van der Waals surface area contributed by atoms with Crippen molar-refractivity contribution in [2.24, 2.45) is 5.10 Å². The Bertz CT molecular complexity index is 683. The summed E-state index contributed by atoms with van der Waals surface area (Å²) in [7, 11) is 1.64. The fraction of sp³-hybridized carbons (Fsp3) is 0.154. The molecule has 1 aromatic heterocycles. The first-order valence-corrected chi connectivity index (χ1v) is 6.73. The van der Waals surface area contributed by atoms with E-state index in [0.29, 0.717) is 5.69 Å². The van der Waals surface area contributed by atoms with Crippen LogP contribution < -0.4 is 10.9 Å². The molecule has 2 aromatic rings. The molecule has 0 aliphatic rings. The van der Waals surface area contributed by atoms with Gasteiger partial charge in [0.1, 0.15) is 5.02 Å². The molecule has 1 heterocycles. The van der Waals surface area contributed by atoms with Crippen LogP contribution in [0.1, 0.15) is 11.3 Å². The maximum Gasteiger partial charge on any atom is 0.294 e. The first kappa shape index (κ1) is 14.6. The summed E-state index contributed by atoms with van der Waals surface area (Å²) in [4.78, 5) is 16.3. The average Bonchev–Trinajstić information content (AvgIpc) is 2.49. The lowest BCUT2D eigenvalue weighted by Crippen LogP contribution is -2.23. The lowest BCUT2D eigenvalue weighted by atomic mass is 10.2. The molecule has 0 bridgehead atoms. The first-order valence-electron chi connectivity index (χ1n) is 5.82. The highest BCUT2D eigenvalue weighted by Crippen LogP contribution is 2.14. The van der Waals surface area contributed by atoms with Crippen molar-refractivity contribution >= 4 is 35.4 Å². The second-order valence-corrected chi connectivity index (χ2v) is 4.50. The van der Waals surface area contributed by atoms with Crippen LogP contribution in [0.5, 0.6) is 0 Å². The summed E-state index contributed by atoms with van der Waals surface area (Å²) in [5.74, 6) is 0.341. The molecular weight excluding hydrogens is 299 g/mol. The van der Waals surface area contributed by atoms with Gasteiger partial charge < -0.3 is 5.32 Å². The third-order valence-electron chi connectivity index (χ3n) is 2.55. The second kappa shape index (κ2) is 6.54. The summed E-state index contributed by atoms with van der Waals surface area (Å²) in [6.45, 7) is 0. The van der Waals surface area contributed by atoms with Gasteiger partial charge in [-0.05, 0) is 5.56 Å². The summed E-state index contributed by atoms with van der Waals surface area (Å²) >= 11 is 11.6. The van der Waals surface area contributed by atoms with E-state index in [2.05, 4.69) is 15.4 Å². The summed E-state index contributed by atoms with van der Waals surface area (Å²) in [5, 5.41) is 6.88. The number of halogens is 2. The Morgan fingerprint density at radius 1 is 1.40 bits per heavy atom. The van der Waals surface area contributed by atoms with E-state index < -0.39 is 5.56 Å². The molecule has 0 aliphatic carbocycles. The Balaban J connectivity index is 2.49. The smallest absolute Gasteiger partial charge is 0.294 e. The van der Waals surface area contributed by atoms with E-state index in [9.17, 15) is 4.79 Å². The van der Waals surface area contributed by atoms with Gasteiger partial charge in [0.05, 0.1) is 17.8 Å². The molecule has 0 aliphatic heterocycles. The van der Waals surface area contributed by atoms with Crippen molar-refractivity contribution in [3.05, 3.63) is 57.0 Å². The summed E-state index contributed by atoms with van der Waals surface area (Å²) in [6, 6.07) is 9.40. The van der Waals surface area contributed by atoms with Gasteiger partial charge >= 0.3 is 0 Å². The van der Waals surface area contributed by atoms with E-state index in [1.807, 2.05) is 30.3 Å². The maximum atomic E-state index is 12.1. The highest BCUT2D eigenvalue weighted by atomic mass is 35.5. The second-order valence-electron chi connectivity index (χ2n) is 3.85. The summed E-state index contributed by atoms with van der Waals surface area (Å²) < 4.78 is 1.10. The number of nitrogens with zero attached hydrogens (tertiary/aromatic N) is 3. The lowest BCUT2D eigenvalue weighted by molar-refractivity contribution is 0.801. The molecule has 0 fully saturated rings. The molecule has 2 rings (SSSR count). The number of nitrogens with one attached hydrogen (secondary N) is 1. The van der Waals surface area contributed by atoms with Gasteiger partial charge in [-0.1, -0.05) is 41.9 Å². The van der Waals surface area contributed by atoms with Gasteiger partial charge in [-0.3, -0.25) is 4.79 Å². The normalized spacial score (nSPS) is 10.9. The van der Waals surface area contributed by atoms with Gasteiger partial charge in [-0.15, -0.1) is 11.6 Å². The van der Waals surface area contributed by atoms with Gasteiger partial charge in [0, 0.05) is 7.05 Å². The number of rotatable bonds is 4. The van der Waals surface area contributed by atoms with Crippen LogP contribution in [0.3, 0.4) is 0 Å². The van der Waals surface area contributed by atoms with Crippen molar-refractivity contribution < 1.29 is 0 Å². The monoisotopic (exact) mass is 310 g/mol. The molecule has 0 amide bonds. The lowest BCUT2D eigenvalue weighted by Gasteiger charge is -2.08. The molecule has 0 saturated heterocycles. The quantitative estimate of drug-likeness (QED) is 0.697. The maximum absolute atomic E-state index is 12.1. The van der Waals surface area contributed by atoms with Crippen molar-refractivity contribution in [1.29, 1.82) is 0 Å². The van der Waals surface area contributed by atoms with Crippen molar-refractivity contribution in [1.82, 2.24) is 9.66 Å². The Labute approximate surface area is 125 Å². The molecule has 0 atom stereocenters. The Morgan fingerprint density at radius 3 is 2.70 bits per heavy atom. The van der Waals surface area contributed by atoms with E-state index in [4.69, 9.17) is 23.2 Å². The fourth-order valence-electron chi connectivity index (χ4n) is 1.56. The largest absolute Gasteiger partial charge is 0.357 e. The first-order chi connectivity index (χ1) is 9.67. The SMILES string of the molecule is CNc1nc(CCl)c(Cl)c(=O)n1/N=C/c1ccccc1. The van der Waals surface area contributed by atoms with Crippen LogP contribution in [-0.4, -0.2) is 22.9 Å². The predicted octanol–water partition coefficient (Wildman–Crippen LogP) is 2.56. The minimum atomic E-state index is -0.464. The topological polar surface area (TPSA) is 59.3 Å². The van der Waals surface area contributed by atoms with Crippen LogP contribution in [0, 0.1) is 0 Å². The molecule has 0 unspecified atom stereocenters. The van der Waals surface area contributed by atoms with Crippen molar-refractivity contribution in [2.45, 2.75) is 5.88 Å². The standard InChI is InChI=1S/C13H12Cl2N4O/c1-16-13-18-10(7-14)11(15)12(20)19(13)17-8-9-5-3-2-4-6-9/h2-6,8H,7H2,1H3,(H,16,18)/b17-8+. The molecule has 0 radical (unpaired) electrons. The van der Waals surface area contributed by atoms with Gasteiger partial charge in [0.15, 0.2) is 0 Å². The third-order valence-corrected chi connectivity index (χ3v) is 3.18. The zero-order valence-electron chi connectivity index (χ0n) is 10.7. The third kappa shape index (κ3) is 3.00. The minimum Gasteiger partial charge on any atom is -0.357 e. The van der Waals surface area contributed by atoms with Crippen molar-refractivity contribution in [3.8, 4) is 0 Å². The molecule has 0 saturated carbocycles. The Morgan fingerprint density at radius 2 is 2.10 bits per heavy atom. The van der Waals surface area contributed by atoms with E-state index in [-0.39, 0.29) is 16.9 Å². The number of benzene rings is 1. The highest BCUT2D eigenvalue weighted by molar-refractivity contribution is 6.31. The van der Waals surface area contributed by atoms with Gasteiger partial charge in [0.2, 0.25) is 5.95 Å². The molecule has 0 spiro atoms. The zero-order valence-corrected chi connectivity index (χ0v) is 12.2. The Hall–Kier alpha value is -1.85. The van der Waals surface area contributed by atoms with Crippen LogP contribution >= 0.6 is 23.2 Å². The van der Waals surface area contributed by atoms with Gasteiger partial charge in [-0.2, -0.15) is 9.78 Å². The molecule has 7 heteroatoms. The van der Waals surface area contributed by atoms with Crippen LogP contribution in [-0.2, 0) is 5.88 Å². The van der Waals surface area contributed by atoms with Crippen molar-refractivity contribution in [3.63, 3.8) is 0 Å². The molecule has 1 aromatic carbocycles. The predicted molar refractivity (Wildman–Crippen MR) is 82.0 cm³/mol.